The fraction of sp³-hybridized carbons (Fsp3) is 0.800. The molecule has 4 nitrogen and oxygen atoms in total. The maximum atomic E-state index is 10.6. The molecule has 0 amide bonds. The third-order valence-electron chi connectivity index (χ3n) is 1.28. The first kappa shape index (κ1) is 6.67. The summed E-state index contributed by atoms with van der Waals surface area (Å²) in [5.41, 5.74) is 0. The zero-order valence-corrected chi connectivity index (χ0v) is 5.00. The maximum Gasteiger partial charge on any atom is 0.226 e. The molecule has 1 aliphatic rings. The largest absolute Gasteiger partial charge is 0.383 e. The van der Waals surface area contributed by atoms with Crippen molar-refractivity contribution < 1.29 is 19.7 Å². The van der Waals surface area contributed by atoms with Crippen LogP contribution in [0.1, 0.15) is 6.92 Å². The summed E-state index contributed by atoms with van der Waals surface area (Å²) in [6.45, 7) is 1.11. The Kier molecular flexibility index (Phi) is 1.31. The molecule has 0 aromatic heterocycles. The highest BCUT2D eigenvalue weighted by Gasteiger charge is 2.43. The molecule has 4 heteroatoms. The second-order valence-electron chi connectivity index (χ2n) is 2.17. The Hall–Kier alpha value is -0.450. The lowest BCUT2D eigenvalue weighted by molar-refractivity contribution is -0.174. The normalized spacial score (nSPS) is 43.9. The zero-order valence-electron chi connectivity index (χ0n) is 5.00. The Labute approximate surface area is 52.1 Å². The Morgan fingerprint density at radius 1 is 1.89 bits per heavy atom. The van der Waals surface area contributed by atoms with Gasteiger partial charge >= 0.3 is 0 Å². The first-order valence-electron chi connectivity index (χ1n) is 2.63. The molecule has 1 rings (SSSR count). The van der Waals surface area contributed by atoms with Crippen LogP contribution in [0, 0.1) is 0 Å². The molecule has 1 fully saturated rings. The van der Waals surface area contributed by atoms with Crippen LogP contribution in [0.25, 0.3) is 0 Å². The van der Waals surface area contributed by atoms with E-state index in [1.807, 2.05) is 0 Å². The second kappa shape index (κ2) is 1.76. The minimum absolute atomic E-state index is 0.105. The Morgan fingerprint density at radius 2 is 2.44 bits per heavy atom. The van der Waals surface area contributed by atoms with Gasteiger partial charge in [-0.05, 0) is 6.92 Å². The highest BCUT2D eigenvalue weighted by Crippen LogP contribution is 2.17. The summed E-state index contributed by atoms with van der Waals surface area (Å²) in [6, 6.07) is 0. The van der Waals surface area contributed by atoms with E-state index in [2.05, 4.69) is 4.74 Å². The molecule has 0 aromatic carbocycles. The first-order chi connectivity index (χ1) is 4.04. The van der Waals surface area contributed by atoms with Crippen molar-refractivity contribution in [3.05, 3.63) is 0 Å². The van der Waals surface area contributed by atoms with Crippen molar-refractivity contribution >= 4 is 5.78 Å². The summed E-state index contributed by atoms with van der Waals surface area (Å²) < 4.78 is 4.52. The highest BCUT2D eigenvalue weighted by atomic mass is 16.6. The lowest BCUT2D eigenvalue weighted by atomic mass is 10.2. The van der Waals surface area contributed by atoms with Gasteiger partial charge in [0.2, 0.25) is 11.6 Å². The quantitative estimate of drug-likeness (QED) is 0.428. The van der Waals surface area contributed by atoms with Gasteiger partial charge in [0.05, 0.1) is 6.61 Å². The Morgan fingerprint density at radius 3 is 2.56 bits per heavy atom. The molecule has 0 spiro atoms. The summed E-state index contributed by atoms with van der Waals surface area (Å²) >= 11 is 0. The molecule has 1 unspecified atom stereocenters. The fourth-order valence-electron chi connectivity index (χ4n) is 0.697. The summed E-state index contributed by atoms with van der Waals surface area (Å²) in [5, 5.41) is 17.6. The highest BCUT2D eigenvalue weighted by molar-refractivity contribution is 5.90. The molecule has 0 radical (unpaired) electrons. The van der Waals surface area contributed by atoms with Crippen molar-refractivity contribution in [1.82, 2.24) is 0 Å². The van der Waals surface area contributed by atoms with Crippen molar-refractivity contribution in [2.24, 2.45) is 0 Å². The molecule has 0 aliphatic carbocycles. The third kappa shape index (κ3) is 0.962. The number of hydrogen-bond donors (Lipinski definition) is 2. The Bertz CT molecular complexity index is 140. The third-order valence-corrected chi connectivity index (χ3v) is 1.28. The topological polar surface area (TPSA) is 66.8 Å². The van der Waals surface area contributed by atoms with Crippen LogP contribution in [0.3, 0.4) is 0 Å². The van der Waals surface area contributed by atoms with Crippen LogP contribution in [0.4, 0.5) is 0 Å². The molecule has 1 heterocycles. The van der Waals surface area contributed by atoms with Crippen molar-refractivity contribution in [2.45, 2.75) is 18.8 Å². The van der Waals surface area contributed by atoms with Gasteiger partial charge in [0.1, 0.15) is 6.10 Å². The SMILES string of the molecule is C[C@@]1(O)OCC(O)C1=O. The van der Waals surface area contributed by atoms with Gasteiger partial charge in [-0.3, -0.25) is 4.79 Å². The molecular weight excluding hydrogens is 124 g/mol. The predicted molar refractivity (Wildman–Crippen MR) is 27.6 cm³/mol. The van der Waals surface area contributed by atoms with Gasteiger partial charge in [0.25, 0.3) is 0 Å². The molecule has 0 saturated carbocycles. The monoisotopic (exact) mass is 132 g/mol. The summed E-state index contributed by atoms with van der Waals surface area (Å²) in [7, 11) is 0. The summed E-state index contributed by atoms with van der Waals surface area (Å²) in [4.78, 5) is 10.6. The second-order valence-corrected chi connectivity index (χ2v) is 2.17. The van der Waals surface area contributed by atoms with E-state index in [4.69, 9.17) is 10.2 Å². The van der Waals surface area contributed by atoms with Crippen LogP contribution in [0.2, 0.25) is 0 Å². The van der Waals surface area contributed by atoms with E-state index in [9.17, 15) is 4.79 Å². The van der Waals surface area contributed by atoms with Crippen molar-refractivity contribution in [3.8, 4) is 0 Å². The zero-order chi connectivity index (χ0) is 7.07. The molecule has 0 bridgehead atoms. The fourth-order valence-corrected chi connectivity index (χ4v) is 0.697. The number of Topliss-reactive ketones (excluding diaryl/α,β-unsaturated/α-hetero) is 1. The van der Waals surface area contributed by atoms with Gasteiger partial charge < -0.3 is 14.9 Å². The number of carbonyl (C=O) groups is 1. The molecule has 2 N–H and O–H groups in total. The predicted octanol–water partition coefficient (Wildman–Crippen LogP) is -1.34. The van der Waals surface area contributed by atoms with E-state index in [1.54, 1.807) is 0 Å². The van der Waals surface area contributed by atoms with Crippen LogP contribution >= 0.6 is 0 Å². The number of rotatable bonds is 0. The Balaban J connectivity index is 2.74. The molecular formula is C5H8O4. The van der Waals surface area contributed by atoms with Crippen LogP contribution in [-0.4, -0.2) is 34.5 Å². The number of ketones is 1. The molecule has 9 heavy (non-hydrogen) atoms. The standard InChI is InChI=1S/C5H8O4/c1-5(8)4(7)3(6)2-9-5/h3,6,8H,2H2,1H3/t3?,5-/m1/s1. The van der Waals surface area contributed by atoms with Gasteiger partial charge in [0, 0.05) is 0 Å². The van der Waals surface area contributed by atoms with Crippen LogP contribution in [0.5, 0.6) is 0 Å². The van der Waals surface area contributed by atoms with E-state index in [1.165, 1.54) is 6.92 Å². The molecule has 1 saturated heterocycles. The van der Waals surface area contributed by atoms with Crippen molar-refractivity contribution in [2.75, 3.05) is 6.61 Å². The lowest BCUT2D eigenvalue weighted by Crippen LogP contribution is -2.34. The molecule has 2 atom stereocenters. The average molecular weight is 132 g/mol. The van der Waals surface area contributed by atoms with E-state index in [0.29, 0.717) is 0 Å². The molecule has 52 valence electrons. The number of hydrogen-bond acceptors (Lipinski definition) is 4. The van der Waals surface area contributed by atoms with Crippen LogP contribution in [-0.2, 0) is 9.53 Å². The average Bonchev–Trinajstić information content (AvgIpc) is 1.97. The minimum Gasteiger partial charge on any atom is -0.383 e. The van der Waals surface area contributed by atoms with Gasteiger partial charge in [-0.1, -0.05) is 0 Å². The van der Waals surface area contributed by atoms with Crippen molar-refractivity contribution in [1.29, 1.82) is 0 Å². The van der Waals surface area contributed by atoms with Gasteiger partial charge in [-0.2, -0.15) is 0 Å². The van der Waals surface area contributed by atoms with Crippen LogP contribution in [0.15, 0.2) is 0 Å². The van der Waals surface area contributed by atoms with Gasteiger partial charge in [-0.15, -0.1) is 0 Å². The number of aliphatic hydroxyl groups is 2. The lowest BCUT2D eigenvalue weighted by Gasteiger charge is -2.11. The summed E-state index contributed by atoms with van der Waals surface area (Å²) in [5.74, 6) is -2.43. The van der Waals surface area contributed by atoms with Gasteiger partial charge in [0.15, 0.2) is 0 Å². The van der Waals surface area contributed by atoms with Crippen LogP contribution < -0.4 is 0 Å². The number of ether oxygens (including phenoxy) is 1. The summed E-state index contributed by atoms with van der Waals surface area (Å²) in [6.07, 6.45) is -1.15. The minimum atomic E-state index is -1.76. The van der Waals surface area contributed by atoms with E-state index >= 15 is 0 Å². The van der Waals surface area contributed by atoms with Gasteiger partial charge in [-0.25, -0.2) is 0 Å². The van der Waals surface area contributed by atoms with E-state index < -0.39 is 17.7 Å². The number of carbonyl (C=O) groups excluding carboxylic acids is 1. The molecule has 0 aromatic rings. The van der Waals surface area contributed by atoms with Crippen molar-refractivity contribution in [3.63, 3.8) is 0 Å². The van der Waals surface area contributed by atoms with E-state index in [0.717, 1.165) is 0 Å². The number of aliphatic hydroxyl groups excluding tert-OH is 1. The first-order valence-corrected chi connectivity index (χ1v) is 2.63. The molecule has 1 aliphatic heterocycles. The van der Waals surface area contributed by atoms with E-state index in [-0.39, 0.29) is 6.61 Å². The maximum absolute atomic E-state index is 10.6. The smallest absolute Gasteiger partial charge is 0.226 e.